The van der Waals surface area contributed by atoms with E-state index in [2.05, 4.69) is 0 Å². The maximum Gasteiger partial charge on any atom is 0.136 e. The molecule has 0 amide bonds. The van der Waals surface area contributed by atoms with Crippen LogP contribution < -0.4 is 11.5 Å². The second-order valence-corrected chi connectivity index (χ2v) is 4.14. The molecule has 0 saturated carbocycles. The summed E-state index contributed by atoms with van der Waals surface area (Å²) in [5, 5.41) is 3.93. The molecule has 0 aliphatic carbocycles. The molecule has 2 aromatic heterocycles. The first-order chi connectivity index (χ1) is 6.75. The summed E-state index contributed by atoms with van der Waals surface area (Å²) in [7, 11) is 0. The minimum absolute atomic E-state index is 0.675. The van der Waals surface area contributed by atoms with E-state index in [1.807, 2.05) is 17.5 Å². The Balaban J connectivity index is 2.56. The molecular formula is C10H8N2OS. The molecule has 0 unspecified atom stereocenters. The van der Waals surface area contributed by atoms with Crippen molar-refractivity contribution in [3.63, 3.8) is 0 Å². The topological polar surface area (TPSA) is 65.2 Å². The molecule has 0 atom stereocenters. The molecule has 0 bridgehead atoms. The maximum absolute atomic E-state index is 5.81. The fourth-order valence-electron chi connectivity index (χ4n) is 1.59. The fourth-order valence-corrected chi connectivity index (χ4v) is 2.46. The lowest BCUT2D eigenvalue weighted by molar-refractivity contribution is 0.618. The van der Waals surface area contributed by atoms with Crippen molar-refractivity contribution in [2.24, 2.45) is 0 Å². The first-order valence-corrected chi connectivity index (χ1v) is 5.07. The quantitative estimate of drug-likeness (QED) is 0.591. The highest BCUT2D eigenvalue weighted by atomic mass is 32.1. The molecule has 70 valence electrons. The Morgan fingerprint density at radius 3 is 2.79 bits per heavy atom. The van der Waals surface area contributed by atoms with Crippen LogP contribution in [0.5, 0.6) is 0 Å². The summed E-state index contributed by atoms with van der Waals surface area (Å²) in [6.07, 6.45) is 1.56. The number of thiophene rings is 1. The summed E-state index contributed by atoms with van der Waals surface area (Å²) in [6, 6.07) is 3.96. The summed E-state index contributed by atoms with van der Waals surface area (Å²) >= 11 is 1.62. The van der Waals surface area contributed by atoms with Gasteiger partial charge in [-0.2, -0.15) is 0 Å². The number of nitrogen functional groups attached to an aromatic ring is 2. The Morgan fingerprint density at radius 1 is 1.07 bits per heavy atom. The summed E-state index contributed by atoms with van der Waals surface area (Å²) in [5.74, 6) is 0. The number of hydrogen-bond donors (Lipinski definition) is 2. The number of nitrogens with two attached hydrogens (primary N) is 2. The molecule has 3 rings (SSSR count). The molecule has 0 saturated heterocycles. The summed E-state index contributed by atoms with van der Waals surface area (Å²) in [4.78, 5) is 0. The zero-order chi connectivity index (χ0) is 9.71. The fraction of sp³-hybridized carbons (Fsp3) is 0. The van der Waals surface area contributed by atoms with Crippen LogP contribution in [-0.4, -0.2) is 0 Å². The van der Waals surface area contributed by atoms with E-state index in [-0.39, 0.29) is 0 Å². The number of anilines is 2. The van der Waals surface area contributed by atoms with Crippen LogP contribution in [0.2, 0.25) is 0 Å². The minimum atomic E-state index is 0.675. The van der Waals surface area contributed by atoms with Gasteiger partial charge in [-0.15, -0.1) is 11.3 Å². The summed E-state index contributed by atoms with van der Waals surface area (Å²) < 4.78 is 6.45. The highest BCUT2D eigenvalue weighted by Crippen LogP contribution is 2.34. The molecule has 4 N–H and O–H groups in total. The van der Waals surface area contributed by atoms with Gasteiger partial charge in [-0.25, -0.2) is 0 Å². The van der Waals surface area contributed by atoms with Gasteiger partial charge in [-0.1, -0.05) is 0 Å². The predicted octanol–water partition coefficient (Wildman–Crippen LogP) is 2.81. The Bertz CT molecular complexity index is 567. The summed E-state index contributed by atoms with van der Waals surface area (Å²) in [6.45, 7) is 0. The van der Waals surface area contributed by atoms with E-state index in [1.165, 1.54) is 0 Å². The molecule has 0 aliphatic heterocycles. The SMILES string of the molecule is Nc1coc2cc3c(N)csc3cc12. The molecule has 3 nitrogen and oxygen atoms in total. The van der Waals surface area contributed by atoms with Crippen molar-refractivity contribution >= 4 is 43.8 Å². The van der Waals surface area contributed by atoms with Gasteiger partial charge in [0.05, 0.1) is 11.4 Å². The molecule has 2 heterocycles. The number of rotatable bonds is 0. The van der Waals surface area contributed by atoms with Gasteiger partial charge in [0, 0.05) is 20.9 Å². The first kappa shape index (κ1) is 7.70. The Kier molecular flexibility index (Phi) is 1.33. The Hall–Kier alpha value is -1.68. The van der Waals surface area contributed by atoms with Gasteiger partial charge in [-0.3, -0.25) is 0 Å². The Morgan fingerprint density at radius 2 is 1.93 bits per heavy atom. The van der Waals surface area contributed by atoms with Crippen LogP contribution in [0.3, 0.4) is 0 Å². The normalized spacial score (nSPS) is 11.4. The average molecular weight is 204 g/mol. The molecule has 14 heavy (non-hydrogen) atoms. The molecule has 3 aromatic rings. The van der Waals surface area contributed by atoms with E-state index in [1.54, 1.807) is 17.6 Å². The van der Waals surface area contributed by atoms with E-state index in [0.29, 0.717) is 5.69 Å². The van der Waals surface area contributed by atoms with Crippen molar-refractivity contribution in [1.82, 2.24) is 0 Å². The standard InChI is InChI=1S/C10H8N2OS/c11-7-3-13-9-1-6-8(12)4-14-10(6)2-5(7)9/h1-4H,11-12H2. The third kappa shape index (κ3) is 0.858. The van der Waals surface area contributed by atoms with Crippen molar-refractivity contribution in [2.75, 3.05) is 11.5 Å². The smallest absolute Gasteiger partial charge is 0.136 e. The zero-order valence-corrected chi connectivity index (χ0v) is 8.10. The lowest BCUT2D eigenvalue weighted by atomic mass is 10.2. The van der Waals surface area contributed by atoms with E-state index < -0.39 is 0 Å². The van der Waals surface area contributed by atoms with Crippen LogP contribution in [-0.2, 0) is 0 Å². The van der Waals surface area contributed by atoms with Crippen LogP contribution in [0.1, 0.15) is 0 Å². The van der Waals surface area contributed by atoms with Crippen LogP contribution in [0, 0.1) is 0 Å². The van der Waals surface area contributed by atoms with Gasteiger partial charge < -0.3 is 15.9 Å². The van der Waals surface area contributed by atoms with Gasteiger partial charge in [0.25, 0.3) is 0 Å². The lowest BCUT2D eigenvalue weighted by Crippen LogP contribution is -1.81. The van der Waals surface area contributed by atoms with Gasteiger partial charge in [-0.05, 0) is 12.1 Å². The van der Waals surface area contributed by atoms with Crippen molar-refractivity contribution in [1.29, 1.82) is 0 Å². The number of hydrogen-bond acceptors (Lipinski definition) is 4. The molecular weight excluding hydrogens is 196 g/mol. The number of benzene rings is 1. The van der Waals surface area contributed by atoms with Gasteiger partial charge >= 0.3 is 0 Å². The highest BCUT2D eigenvalue weighted by Gasteiger charge is 2.07. The van der Waals surface area contributed by atoms with Crippen molar-refractivity contribution in [3.8, 4) is 0 Å². The third-order valence-corrected chi connectivity index (χ3v) is 3.29. The summed E-state index contributed by atoms with van der Waals surface area (Å²) in [5.41, 5.74) is 13.8. The van der Waals surface area contributed by atoms with Crippen molar-refractivity contribution in [3.05, 3.63) is 23.8 Å². The number of fused-ring (bicyclic) bond motifs is 2. The van der Waals surface area contributed by atoms with Gasteiger partial charge in [0.2, 0.25) is 0 Å². The predicted molar refractivity (Wildman–Crippen MR) is 60.4 cm³/mol. The number of furan rings is 1. The van der Waals surface area contributed by atoms with Crippen LogP contribution in [0.4, 0.5) is 11.4 Å². The van der Waals surface area contributed by atoms with E-state index >= 15 is 0 Å². The third-order valence-electron chi connectivity index (χ3n) is 2.33. The monoisotopic (exact) mass is 204 g/mol. The van der Waals surface area contributed by atoms with Crippen LogP contribution in [0.15, 0.2) is 28.2 Å². The van der Waals surface area contributed by atoms with Gasteiger partial charge in [0.15, 0.2) is 0 Å². The minimum Gasteiger partial charge on any atom is -0.462 e. The second-order valence-electron chi connectivity index (χ2n) is 3.23. The van der Waals surface area contributed by atoms with Crippen molar-refractivity contribution < 1.29 is 4.42 Å². The largest absolute Gasteiger partial charge is 0.462 e. The molecule has 0 radical (unpaired) electrons. The lowest BCUT2D eigenvalue weighted by Gasteiger charge is -1.92. The molecule has 4 heteroatoms. The van der Waals surface area contributed by atoms with E-state index in [4.69, 9.17) is 15.9 Å². The van der Waals surface area contributed by atoms with Crippen LogP contribution in [0.25, 0.3) is 21.1 Å². The first-order valence-electron chi connectivity index (χ1n) is 4.19. The van der Waals surface area contributed by atoms with Crippen LogP contribution >= 0.6 is 11.3 Å². The zero-order valence-electron chi connectivity index (χ0n) is 7.28. The molecule has 0 aliphatic rings. The average Bonchev–Trinajstić information content (AvgIpc) is 2.71. The van der Waals surface area contributed by atoms with E-state index in [0.717, 1.165) is 26.7 Å². The van der Waals surface area contributed by atoms with Crippen molar-refractivity contribution in [2.45, 2.75) is 0 Å². The highest BCUT2D eigenvalue weighted by molar-refractivity contribution is 7.17. The van der Waals surface area contributed by atoms with E-state index in [9.17, 15) is 0 Å². The maximum atomic E-state index is 5.81. The molecule has 0 fully saturated rings. The molecule has 0 spiro atoms. The van der Waals surface area contributed by atoms with Gasteiger partial charge in [0.1, 0.15) is 11.8 Å². The molecule has 1 aromatic carbocycles. The Labute approximate surface area is 83.9 Å². The second kappa shape index (κ2) is 2.42.